The van der Waals surface area contributed by atoms with Crippen LogP contribution in [0.4, 0.5) is 0 Å². The maximum Gasteiger partial charge on any atom is 0.247 e. The van der Waals surface area contributed by atoms with Crippen LogP contribution in [0, 0.1) is 0 Å². The molecule has 9 heteroatoms. The Labute approximate surface area is 176 Å². The Morgan fingerprint density at radius 3 is 2.89 bits per heavy atom. The molecule has 0 fully saturated rings. The van der Waals surface area contributed by atoms with Crippen molar-refractivity contribution in [3.8, 4) is 0 Å². The third-order valence-corrected chi connectivity index (χ3v) is 7.13. The highest BCUT2D eigenvalue weighted by molar-refractivity contribution is 8.77. The fraction of sp³-hybridized carbons (Fsp3) is 0.789. The van der Waals surface area contributed by atoms with Crippen LogP contribution in [-0.4, -0.2) is 68.0 Å². The normalized spacial score (nSPS) is 18.4. The zero-order chi connectivity index (χ0) is 20.8. The average molecular weight is 435 g/mol. The lowest BCUT2D eigenvalue weighted by molar-refractivity contribution is -0.117. The van der Waals surface area contributed by atoms with E-state index in [9.17, 15) is 9.59 Å². The predicted molar refractivity (Wildman–Crippen MR) is 115 cm³/mol. The van der Waals surface area contributed by atoms with Crippen LogP contribution in [0.15, 0.2) is 11.6 Å². The molecule has 0 spiro atoms. The summed E-state index contributed by atoms with van der Waals surface area (Å²) in [6.07, 6.45) is 5.12. The van der Waals surface area contributed by atoms with Crippen molar-refractivity contribution >= 4 is 33.8 Å². The molecule has 1 aliphatic rings. The summed E-state index contributed by atoms with van der Waals surface area (Å²) in [5.41, 5.74) is 6.04. The number of rotatable bonds is 14. The molecule has 0 heterocycles. The van der Waals surface area contributed by atoms with Gasteiger partial charge in [0, 0.05) is 23.4 Å². The predicted octanol–water partition coefficient (Wildman–Crippen LogP) is 2.29. The van der Waals surface area contributed by atoms with Crippen molar-refractivity contribution in [2.24, 2.45) is 5.73 Å². The van der Waals surface area contributed by atoms with Gasteiger partial charge < -0.3 is 30.1 Å². The Morgan fingerprint density at radius 2 is 2.21 bits per heavy atom. The first kappa shape index (κ1) is 25.5. The lowest BCUT2D eigenvalue weighted by Crippen LogP contribution is -2.32. The van der Waals surface area contributed by atoms with Gasteiger partial charge in [0.15, 0.2) is 0 Å². The summed E-state index contributed by atoms with van der Waals surface area (Å²) in [7, 11) is 3.36. The average Bonchev–Trinajstić information content (AvgIpc) is 2.66. The molecule has 1 aliphatic carbocycles. The highest BCUT2D eigenvalue weighted by Gasteiger charge is 2.22. The van der Waals surface area contributed by atoms with Crippen molar-refractivity contribution in [1.29, 1.82) is 0 Å². The Hall–Kier alpha value is -0.580. The van der Waals surface area contributed by atoms with Crippen LogP contribution in [-0.2, 0) is 23.8 Å². The van der Waals surface area contributed by atoms with Crippen LogP contribution in [0.2, 0.25) is 0 Å². The molecule has 162 valence electrons. The topological polar surface area (TPSA) is 99.9 Å². The fourth-order valence-corrected chi connectivity index (χ4v) is 4.58. The van der Waals surface area contributed by atoms with Gasteiger partial charge in [-0.15, -0.1) is 0 Å². The maximum absolute atomic E-state index is 12.1. The van der Waals surface area contributed by atoms with Crippen molar-refractivity contribution in [2.75, 3.05) is 39.5 Å². The number of hydrogen-bond donors (Lipinski definition) is 2. The van der Waals surface area contributed by atoms with Crippen molar-refractivity contribution in [1.82, 2.24) is 5.32 Å². The van der Waals surface area contributed by atoms with E-state index in [1.54, 1.807) is 21.6 Å². The summed E-state index contributed by atoms with van der Waals surface area (Å²) in [5.74, 6) is -0.0588. The Balaban J connectivity index is 2.51. The van der Waals surface area contributed by atoms with E-state index in [1.165, 1.54) is 0 Å². The minimum Gasteiger partial charge on any atom is -0.372 e. The summed E-state index contributed by atoms with van der Waals surface area (Å²) < 4.78 is 17.1. The molecule has 1 amide bonds. The molecule has 7 nitrogen and oxygen atoms in total. The standard InChI is InChI=1S/C19H34N2O5S2/c1-19(2,3)28-27-17(25-12-11-24-10-9-22)14-26-16-6-4-5-15(13-16)18(23)21-8-7-20/h9,13,16-17H,4-8,10-12,14,20H2,1-3H3,(H,21,23). The third kappa shape index (κ3) is 12.1. The van der Waals surface area contributed by atoms with E-state index in [4.69, 9.17) is 19.9 Å². The lowest BCUT2D eigenvalue weighted by Gasteiger charge is -2.25. The maximum atomic E-state index is 12.1. The van der Waals surface area contributed by atoms with Gasteiger partial charge in [0.25, 0.3) is 0 Å². The molecule has 0 aromatic rings. The van der Waals surface area contributed by atoms with Gasteiger partial charge in [-0.2, -0.15) is 0 Å². The lowest BCUT2D eigenvalue weighted by atomic mass is 9.97. The van der Waals surface area contributed by atoms with Crippen LogP contribution in [0.5, 0.6) is 0 Å². The van der Waals surface area contributed by atoms with E-state index in [-0.39, 0.29) is 28.8 Å². The number of aldehydes is 1. The summed E-state index contributed by atoms with van der Waals surface area (Å²) in [6, 6.07) is 0. The molecular formula is C19H34N2O5S2. The van der Waals surface area contributed by atoms with Crippen molar-refractivity contribution in [3.05, 3.63) is 11.6 Å². The van der Waals surface area contributed by atoms with Crippen LogP contribution < -0.4 is 11.1 Å². The van der Waals surface area contributed by atoms with Gasteiger partial charge in [0.1, 0.15) is 18.3 Å². The third-order valence-electron chi connectivity index (χ3n) is 3.61. The monoisotopic (exact) mass is 434 g/mol. The second-order valence-electron chi connectivity index (χ2n) is 7.33. The Bertz CT molecular complexity index is 497. The van der Waals surface area contributed by atoms with E-state index < -0.39 is 0 Å². The summed E-state index contributed by atoms with van der Waals surface area (Å²) in [5, 5.41) is 2.81. The smallest absolute Gasteiger partial charge is 0.247 e. The van der Waals surface area contributed by atoms with Crippen LogP contribution in [0.3, 0.4) is 0 Å². The molecular weight excluding hydrogens is 400 g/mol. The summed E-state index contributed by atoms with van der Waals surface area (Å²) >= 11 is 0. The van der Waals surface area contributed by atoms with Gasteiger partial charge in [-0.3, -0.25) is 4.79 Å². The molecule has 0 radical (unpaired) electrons. The Morgan fingerprint density at radius 1 is 1.43 bits per heavy atom. The first-order valence-electron chi connectivity index (χ1n) is 9.63. The number of nitrogens with two attached hydrogens (primary N) is 1. The molecule has 2 unspecified atom stereocenters. The molecule has 0 aromatic carbocycles. The number of nitrogens with one attached hydrogen (secondary N) is 1. The minimum absolute atomic E-state index is 0.0588. The molecule has 3 N–H and O–H groups in total. The molecule has 0 aromatic heterocycles. The van der Waals surface area contributed by atoms with E-state index in [1.807, 2.05) is 6.08 Å². The van der Waals surface area contributed by atoms with Crippen molar-refractivity contribution < 1.29 is 23.8 Å². The van der Waals surface area contributed by atoms with Crippen molar-refractivity contribution in [3.63, 3.8) is 0 Å². The zero-order valence-corrected chi connectivity index (χ0v) is 18.7. The van der Waals surface area contributed by atoms with Crippen LogP contribution >= 0.6 is 21.6 Å². The molecule has 0 bridgehead atoms. The van der Waals surface area contributed by atoms with E-state index in [0.29, 0.717) is 32.9 Å². The molecule has 0 saturated carbocycles. The molecule has 1 rings (SSSR count). The second-order valence-corrected chi connectivity index (χ2v) is 10.5. The molecule has 28 heavy (non-hydrogen) atoms. The number of hydrogen-bond acceptors (Lipinski definition) is 8. The number of amides is 1. The van der Waals surface area contributed by atoms with Crippen LogP contribution in [0.25, 0.3) is 0 Å². The molecule has 0 saturated heterocycles. The van der Waals surface area contributed by atoms with Gasteiger partial charge in [0.05, 0.1) is 25.9 Å². The fourth-order valence-electron chi connectivity index (χ4n) is 2.38. The van der Waals surface area contributed by atoms with Gasteiger partial charge in [-0.25, -0.2) is 0 Å². The quantitative estimate of drug-likeness (QED) is 0.186. The first-order chi connectivity index (χ1) is 13.4. The van der Waals surface area contributed by atoms with E-state index >= 15 is 0 Å². The molecule has 0 aliphatic heterocycles. The number of carbonyl (C=O) groups is 2. The van der Waals surface area contributed by atoms with Gasteiger partial charge in [-0.1, -0.05) is 42.4 Å². The van der Waals surface area contributed by atoms with Gasteiger partial charge in [-0.05, 0) is 25.3 Å². The minimum atomic E-state index is -0.158. The number of ether oxygens (including phenoxy) is 3. The Kier molecular flexibility index (Phi) is 13.1. The highest BCUT2D eigenvalue weighted by Crippen LogP contribution is 2.38. The second kappa shape index (κ2) is 14.4. The highest BCUT2D eigenvalue weighted by atomic mass is 33.1. The first-order valence-corrected chi connectivity index (χ1v) is 11.8. The van der Waals surface area contributed by atoms with E-state index in [0.717, 1.165) is 31.1 Å². The largest absolute Gasteiger partial charge is 0.372 e. The molecule has 2 atom stereocenters. The SMILES string of the molecule is CC(C)(C)SSC(COC1C=C(C(=O)NCCN)CCC1)OCCOCC=O. The van der Waals surface area contributed by atoms with E-state index in [2.05, 4.69) is 26.1 Å². The zero-order valence-electron chi connectivity index (χ0n) is 17.1. The number of carbonyl (C=O) groups excluding carboxylic acids is 2. The van der Waals surface area contributed by atoms with Gasteiger partial charge in [0.2, 0.25) is 5.91 Å². The summed E-state index contributed by atoms with van der Waals surface area (Å²) in [4.78, 5) is 22.4. The van der Waals surface area contributed by atoms with Crippen molar-refractivity contribution in [2.45, 2.75) is 56.3 Å². The van der Waals surface area contributed by atoms with Crippen LogP contribution in [0.1, 0.15) is 40.0 Å². The summed E-state index contributed by atoms with van der Waals surface area (Å²) in [6.45, 7) is 8.60. The van der Waals surface area contributed by atoms with Gasteiger partial charge >= 0.3 is 0 Å².